The van der Waals surface area contributed by atoms with Crippen molar-refractivity contribution >= 4 is 9.84 Å². The molecule has 3 rings (SSSR count). The molecule has 0 amide bonds. The first-order valence-electron chi connectivity index (χ1n) is 10.4. The lowest BCUT2D eigenvalue weighted by atomic mass is 9.99. The van der Waals surface area contributed by atoms with E-state index in [1.807, 2.05) is 34.9 Å². The van der Waals surface area contributed by atoms with E-state index in [0.717, 1.165) is 43.9 Å². The largest absolute Gasteiger partial charge is 0.384 e. The maximum Gasteiger partial charge on any atom is 0.228 e. The summed E-state index contributed by atoms with van der Waals surface area (Å²) in [5.74, 6) is 0.842. The predicted molar refractivity (Wildman–Crippen MR) is 114 cm³/mol. The van der Waals surface area contributed by atoms with Crippen LogP contribution in [0.1, 0.15) is 37.9 Å². The number of hydrogen-bond acceptors (Lipinski definition) is 5. The van der Waals surface area contributed by atoms with Crippen molar-refractivity contribution in [1.82, 2.24) is 14.5 Å². The van der Waals surface area contributed by atoms with Gasteiger partial charge in [-0.1, -0.05) is 44.2 Å². The Morgan fingerprint density at radius 1 is 1.24 bits per heavy atom. The van der Waals surface area contributed by atoms with E-state index in [1.165, 1.54) is 6.42 Å². The Balaban J connectivity index is 1.83. The molecule has 1 aliphatic heterocycles. The molecule has 0 spiro atoms. The molecule has 1 aliphatic rings. The summed E-state index contributed by atoms with van der Waals surface area (Å²) in [6.45, 7) is 8.36. The van der Waals surface area contributed by atoms with Gasteiger partial charge in [0, 0.05) is 26.7 Å². The smallest absolute Gasteiger partial charge is 0.228 e. The zero-order valence-electron chi connectivity index (χ0n) is 17.8. The Morgan fingerprint density at radius 3 is 2.69 bits per heavy atom. The van der Waals surface area contributed by atoms with E-state index < -0.39 is 9.84 Å². The molecule has 1 fully saturated rings. The van der Waals surface area contributed by atoms with Gasteiger partial charge in [0.2, 0.25) is 15.0 Å². The van der Waals surface area contributed by atoms with Gasteiger partial charge in [0.25, 0.3) is 0 Å². The fourth-order valence-electron chi connectivity index (χ4n) is 4.08. The van der Waals surface area contributed by atoms with Crippen LogP contribution in [-0.2, 0) is 33.4 Å². The molecule has 0 unspecified atom stereocenters. The lowest BCUT2D eigenvalue weighted by Gasteiger charge is -2.32. The second-order valence-electron chi connectivity index (χ2n) is 8.48. The highest BCUT2D eigenvalue weighted by Gasteiger charge is 2.26. The third kappa shape index (κ3) is 5.90. The molecule has 2 aromatic rings. The monoisotopic (exact) mass is 419 g/mol. The molecule has 1 saturated heterocycles. The van der Waals surface area contributed by atoms with Gasteiger partial charge >= 0.3 is 0 Å². The van der Waals surface area contributed by atoms with Gasteiger partial charge in [0.15, 0.2) is 0 Å². The number of ether oxygens (including phenoxy) is 1. The van der Waals surface area contributed by atoms with E-state index in [2.05, 4.69) is 23.7 Å². The number of hydrogen-bond donors (Lipinski definition) is 0. The zero-order chi connectivity index (χ0) is 20.9. The number of aromatic nitrogens is 2. The first-order valence-corrected chi connectivity index (χ1v) is 12.1. The number of methoxy groups -OCH3 is 1. The number of nitrogens with zero attached hydrogens (tertiary/aromatic N) is 3. The standard InChI is InChI=1S/C22H33N3O3S/c1-18(2)13-25-21(15-24-11-7-10-20(14-24)16-28-3)12-23-22(25)29(26,27)17-19-8-5-4-6-9-19/h4-6,8-9,12,18,20H,7,10-11,13-17H2,1-3H3/t20-/m0/s1. The molecule has 0 radical (unpaired) electrons. The normalized spacial score (nSPS) is 18.4. The fourth-order valence-corrected chi connectivity index (χ4v) is 5.58. The van der Waals surface area contributed by atoms with Crippen molar-refractivity contribution in [2.75, 3.05) is 26.8 Å². The third-order valence-corrected chi connectivity index (χ3v) is 6.91. The molecule has 29 heavy (non-hydrogen) atoms. The van der Waals surface area contributed by atoms with Gasteiger partial charge in [-0.2, -0.15) is 0 Å². The average Bonchev–Trinajstić information content (AvgIpc) is 3.05. The topological polar surface area (TPSA) is 64.4 Å². The number of imidazole rings is 1. The predicted octanol–water partition coefficient (Wildman–Crippen LogP) is 3.37. The van der Waals surface area contributed by atoms with E-state index in [4.69, 9.17) is 4.74 Å². The Kier molecular flexibility index (Phi) is 7.49. The number of rotatable bonds is 9. The highest BCUT2D eigenvalue weighted by molar-refractivity contribution is 7.90. The summed E-state index contributed by atoms with van der Waals surface area (Å²) in [5, 5.41) is 0.190. The summed E-state index contributed by atoms with van der Waals surface area (Å²) in [6, 6.07) is 9.31. The molecular weight excluding hydrogens is 386 g/mol. The number of sulfone groups is 1. The van der Waals surface area contributed by atoms with E-state index in [9.17, 15) is 8.42 Å². The maximum atomic E-state index is 13.1. The van der Waals surface area contributed by atoms with Crippen molar-refractivity contribution in [3.63, 3.8) is 0 Å². The van der Waals surface area contributed by atoms with Crippen molar-refractivity contribution in [3.8, 4) is 0 Å². The molecule has 1 atom stereocenters. The van der Waals surface area contributed by atoms with E-state index >= 15 is 0 Å². The second-order valence-corrected chi connectivity index (χ2v) is 10.4. The molecule has 6 nitrogen and oxygen atoms in total. The first kappa shape index (κ1) is 22.0. The summed E-state index contributed by atoms with van der Waals surface area (Å²) in [5.41, 5.74) is 1.76. The Labute approximate surface area is 174 Å². The highest BCUT2D eigenvalue weighted by Crippen LogP contribution is 2.23. The van der Waals surface area contributed by atoms with Crippen LogP contribution < -0.4 is 0 Å². The minimum Gasteiger partial charge on any atom is -0.384 e. The van der Waals surface area contributed by atoms with Gasteiger partial charge in [-0.25, -0.2) is 13.4 Å². The minimum absolute atomic E-state index is 0.0258. The first-order chi connectivity index (χ1) is 13.9. The molecule has 160 valence electrons. The van der Waals surface area contributed by atoms with Gasteiger partial charge in [-0.3, -0.25) is 4.90 Å². The maximum absolute atomic E-state index is 13.1. The van der Waals surface area contributed by atoms with Gasteiger partial charge in [-0.15, -0.1) is 0 Å². The van der Waals surface area contributed by atoms with Crippen molar-refractivity contribution < 1.29 is 13.2 Å². The third-order valence-electron chi connectivity index (χ3n) is 5.32. The number of benzene rings is 1. The molecule has 0 saturated carbocycles. The van der Waals surface area contributed by atoms with Crippen LogP contribution in [-0.4, -0.2) is 49.7 Å². The molecule has 0 bridgehead atoms. The zero-order valence-corrected chi connectivity index (χ0v) is 18.6. The number of piperidine rings is 1. The van der Waals surface area contributed by atoms with Crippen molar-refractivity contribution in [1.29, 1.82) is 0 Å². The van der Waals surface area contributed by atoms with Crippen LogP contribution in [0.3, 0.4) is 0 Å². The highest BCUT2D eigenvalue weighted by atomic mass is 32.2. The minimum atomic E-state index is -3.52. The summed E-state index contributed by atoms with van der Waals surface area (Å²) < 4.78 is 33.5. The van der Waals surface area contributed by atoms with E-state index in [-0.39, 0.29) is 10.9 Å². The summed E-state index contributed by atoms with van der Waals surface area (Å²) in [6.07, 6.45) is 4.08. The fraction of sp³-hybridized carbons (Fsp3) is 0.591. The SMILES string of the molecule is COC[C@H]1CCCN(Cc2cnc(S(=O)(=O)Cc3ccccc3)n2CC(C)C)C1. The van der Waals surface area contributed by atoms with Crippen LogP contribution in [0.2, 0.25) is 0 Å². The molecule has 1 aromatic heterocycles. The molecular formula is C22H33N3O3S. The van der Waals surface area contributed by atoms with E-state index in [0.29, 0.717) is 18.4 Å². The molecule has 0 N–H and O–H groups in total. The molecule has 2 heterocycles. The van der Waals surface area contributed by atoms with Crippen molar-refractivity contribution in [2.24, 2.45) is 11.8 Å². The van der Waals surface area contributed by atoms with Crippen LogP contribution in [0.5, 0.6) is 0 Å². The second kappa shape index (κ2) is 9.87. The van der Waals surface area contributed by atoms with Crippen molar-refractivity contribution in [2.45, 2.75) is 50.7 Å². The summed E-state index contributed by atoms with van der Waals surface area (Å²) >= 11 is 0. The van der Waals surface area contributed by atoms with Crippen molar-refractivity contribution in [3.05, 3.63) is 47.8 Å². The van der Waals surface area contributed by atoms with Crippen LogP contribution >= 0.6 is 0 Å². The molecule has 0 aliphatic carbocycles. The van der Waals surface area contributed by atoms with Crippen LogP contribution in [0.15, 0.2) is 41.7 Å². The van der Waals surface area contributed by atoms with Gasteiger partial charge in [-0.05, 0) is 36.8 Å². The van der Waals surface area contributed by atoms with E-state index in [1.54, 1.807) is 13.3 Å². The van der Waals surface area contributed by atoms with Gasteiger partial charge in [0.05, 0.1) is 24.3 Å². The van der Waals surface area contributed by atoms with Crippen LogP contribution in [0.4, 0.5) is 0 Å². The van der Waals surface area contributed by atoms with Crippen LogP contribution in [0, 0.1) is 11.8 Å². The summed E-state index contributed by atoms with van der Waals surface area (Å²) in [4.78, 5) is 6.78. The van der Waals surface area contributed by atoms with Gasteiger partial charge in [0.1, 0.15) is 0 Å². The molecule has 1 aromatic carbocycles. The lowest BCUT2D eigenvalue weighted by molar-refractivity contribution is 0.0860. The molecule has 7 heteroatoms. The quantitative estimate of drug-likeness (QED) is 0.623. The van der Waals surface area contributed by atoms with Gasteiger partial charge < -0.3 is 9.30 Å². The Bertz CT molecular complexity index is 876. The Hall–Kier alpha value is -1.70. The Morgan fingerprint density at radius 2 is 2.00 bits per heavy atom. The average molecular weight is 420 g/mol. The summed E-state index contributed by atoms with van der Waals surface area (Å²) in [7, 11) is -1.77. The lowest BCUT2D eigenvalue weighted by Crippen LogP contribution is -2.37. The number of likely N-dealkylation sites (tertiary alicyclic amines) is 1. The van der Waals surface area contributed by atoms with Crippen LogP contribution in [0.25, 0.3) is 0 Å².